The summed E-state index contributed by atoms with van der Waals surface area (Å²) >= 11 is 1.73. The Morgan fingerprint density at radius 3 is 2.14 bits per heavy atom. The van der Waals surface area contributed by atoms with Crippen LogP contribution in [-0.2, 0) is 23.9 Å². The number of benzene rings is 1. The summed E-state index contributed by atoms with van der Waals surface area (Å²) in [6, 6.07) is 10.2. The molecule has 1 heterocycles. The Labute approximate surface area is 210 Å². The first-order valence-electron chi connectivity index (χ1n) is 11.3. The first-order valence-corrected chi connectivity index (χ1v) is 12.3. The van der Waals surface area contributed by atoms with Gasteiger partial charge in [0.25, 0.3) is 0 Å². The summed E-state index contributed by atoms with van der Waals surface area (Å²) in [6.45, 7) is 8.24. The molecule has 0 saturated carbocycles. The summed E-state index contributed by atoms with van der Waals surface area (Å²) in [5.41, 5.74) is -0.517. The van der Waals surface area contributed by atoms with Gasteiger partial charge in [0.05, 0.1) is 13.0 Å². The van der Waals surface area contributed by atoms with Gasteiger partial charge in [-0.3, -0.25) is 4.79 Å². The van der Waals surface area contributed by atoms with Crippen molar-refractivity contribution in [1.29, 1.82) is 0 Å². The molecule has 0 radical (unpaired) electrons. The number of amides is 1. The smallest absolute Gasteiger partial charge is 0.414 e. The Hall–Kier alpha value is -2.79. The molecule has 1 amide bonds. The lowest BCUT2D eigenvalue weighted by molar-refractivity contribution is -0.159. The molecule has 0 aliphatic carbocycles. The van der Waals surface area contributed by atoms with Gasteiger partial charge in [-0.1, -0.05) is 18.2 Å². The first kappa shape index (κ1) is 30.2. The summed E-state index contributed by atoms with van der Waals surface area (Å²) in [6.07, 6.45) is 2.12. The van der Waals surface area contributed by atoms with Gasteiger partial charge < -0.3 is 29.9 Å². The quantitative estimate of drug-likeness (QED) is 0.270. The number of carbonyl (C=O) groups is 4. The molecule has 0 spiro atoms. The number of ether oxygens (including phenoxy) is 2. The monoisotopic (exact) mass is 512 g/mol. The van der Waals surface area contributed by atoms with Crippen LogP contribution in [0.3, 0.4) is 0 Å². The van der Waals surface area contributed by atoms with E-state index in [0.29, 0.717) is 0 Å². The van der Waals surface area contributed by atoms with Crippen molar-refractivity contribution in [1.82, 2.24) is 10.2 Å². The normalized spacial score (nSPS) is 15.2. The number of carbonyl (C=O) groups excluding carboxylic acids is 2. The number of carboxylic acid groups (broad SMARTS) is 2. The number of likely N-dealkylation sites (tertiary alicyclic amines) is 1. The van der Waals surface area contributed by atoms with Crippen LogP contribution < -0.4 is 5.32 Å². The van der Waals surface area contributed by atoms with E-state index in [2.05, 4.69) is 22.3 Å². The minimum absolute atomic E-state index is 0.00777. The second-order valence-corrected chi connectivity index (χ2v) is 10.1. The summed E-state index contributed by atoms with van der Waals surface area (Å²) in [5.74, 6) is -2.96. The van der Waals surface area contributed by atoms with Crippen LogP contribution in [0.15, 0.2) is 35.2 Å². The SMILES string of the molecule is COC(=O)C1CCN(CCC(CSc2ccccc2)NC(=O)OC(C)(C)C)CC1.O=C(O)C(=O)O. The highest BCUT2D eigenvalue weighted by molar-refractivity contribution is 7.99. The predicted molar refractivity (Wildman–Crippen MR) is 131 cm³/mol. The highest BCUT2D eigenvalue weighted by Gasteiger charge is 2.26. The van der Waals surface area contributed by atoms with Crippen LogP contribution in [0.1, 0.15) is 40.0 Å². The van der Waals surface area contributed by atoms with Gasteiger partial charge in [-0.05, 0) is 65.3 Å². The molecule has 196 valence electrons. The van der Waals surface area contributed by atoms with E-state index in [1.165, 1.54) is 12.0 Å². The fourth-order valence-corrected chi connectivity index (χ4v) is 4.28. The van der Waals surface area contributed by atoms with E-state index in [0.717, 1.165) is 44.6 Å². The van der Waals surface area contributed by atoms with Crippen LogP contribution in [0, 0.1) is 5.92 Å². The number of aliphatic carboxylic acids is 2. The molecule has 10 nitrogen and oxygen atoms in total. The van der Waals surface area contributed by atoms with E-state index in [1.807, 2.05) is 39.0 Å². The van der Waals surface area contributed by atoms with Gasteiger partial charge in [-0.2, -0.15) is 0 Å². The molecule has 1 aromatic carbocycles. The summed E-state index contributed by atoms with van der Waals surface area (Å²) in [7, 11) is 1.45. The number of esters is 1. The van der Waals surface area contributed by atoms with E-state index in [1.54, 1.807) is 11.8 Å². The third kappa shape index (κ3) is 13.6. The minimum Gasteiger partial charge on any atom is -0.473 e. The van der Waals surface area contributed by atoms with Gasteiger partial charge >= 0.3 is 24.0 Å². The number of piperidine rings is 1. The molecule has 3 N–H and O–H groups in total. The number of carboxylic acids is 2. The zero-order valence-electron chi connectivity index (χ0n) is 20.7. The molecule has 11 heteroatoms. The van der Waals surface area contributed by atoms with Crippen molar-refractivity contribution < 1.29 is 38.9 Å². The maximum atomic E-state index is 12.3. The number of nitrogens with one attached hydrogen (secondary N) is 1. The topological polar surface area (TPSA) is 142 Å². The fourth-order valence-electron chi connectivity index (χ4n) is 3.28. The number of nitrogens with zero attached hydrogens (tertiary/aromatic N) is 1. The third-order valence-electron chi connectivity index (χ3n) is 5.01. The molecule has 1 aliphatic rings. The van der Waals surface area contributed by atoms with E-state index in [4.69, 9.17) is 29.3 Å². The molecule has 2 rings (SSSR count). The second kappa shape index (κ2) is 15.3. The third-order valence-corrected chi connectivity index (χ3v) is 6.19. The van der Waals surface area contributed by atoms with Crippen molar-refractivity contribution >= 4 is 35.8 Å². The molecule has 1 unspecified atom stereocenters. The Bertz CT molecular complexity index is 809. The highest BCUT2D eigenvalue weighted by Crippen LogP contribution is 2.21. The molecular weight excluding hydrogens is 476 g/mol. The van der Waals surface area contributed by atoms with Crippen LogP contribution in [0.4, 0.5) is 4.79 Å². The number of rotatable bonds is 8. The van der Waals surface area contributed by atoms with Crippen molar-refractivity contribution in [3.63, 3.8) is 0 Å². The Balaban J connectivity index is 0.000000905. The number of alkyl carbamates (subject to hydrolysis) is 1. The lowest BCUT2D eigenvalue weighted by Gasteiger charge is -2.32. The maximum absolute atomic E-state index is 12.3. The molecule has 1 aromatic rings. The second-order valence-electron chi connectivity index (χ2n) is 9.01. The zero-order chi connectivity index (χ0) is 26.4. The molecule has 1 fully saturated rings. The van der Waals surface area contributed by atoms with Crippen LogP contribution in [0.5, 0.6) is 0 Å². The average molecular weight is 513 g/mol. The van der Waals surface area contributed by atoms with E-state index >= 15 is 0 Å². The number of hydrogen-bond acceptors (Lipinski definition) is 8. The van der Waals surface area contributed by atoms with Gasteiger partial charge in [-0.15, -0.1) is 11.8 Å². The standard InChI is InChI=1S/C22H34N2O4S.C2H2O4/c1-22(2,3)28-21(26)23-18(16-29-19-8-6-5-7-9-19)12-15-24-13-10-17(11-14-24)20(25)27-4;3-1(4)2(5)6/h5-9,17-18H,10-16H2,1-4H3,(H,23,26);(H,3,4)(H,5,6). The van der Waals surface area contributed by atoms with Crippen molar-refractivity contribution in [2.45, 2.75) is 56.6 Å². The van der Waals surface area contributed by atoms with E-state index < -0.39 is 17.5 Å². The summed E-state index contributed by atoms with van der Waals surface area (Å²) in [4.78, 5) is 45.7. The molecule has 0 bridgehead atoms. The summed E-state index contributed by atoms with van der Waals surface area (Å²) < 4.78 is 10.3. The van der Waals surface area contributed by atoms with E-state index in [9.17, 15) is 9.59 Å². The molecular formula is C24H36N2O8S. The largest absolute Gasteiger partial charge is 0.473 e. The van der Waals surface area contributed by atoms with E-state index in [-0.39, 0.29) is 24.0 Å². The van der Waals surface area contributed by atoms with Crippen molar-refractivity contribution in [2.75, 3.05) is 32.5 Å². The Kier molecular flexibility index (Phi) is 13.2. The Morgan fingerprint density at radius 2 is 1.66 bits per heavy atom. The molecule has 0 aromatic heterocycles. The van der Waals surface area contributed by atoms with Gasteiger partial charge in [0.2, 0.25) is 0 Å². The van der Waals surface area contributed by atoms with Gasteiger partial charge in [0.1, 0.15) is 5.60 Å². The predicted octanol–water partition coefficient (Wildman–Crippen LogP) is 3.10. The average Bonchev–Trinajstić information content (AvgIpc) is 2.80. The fraction of sp³-hybridized carbons (Fsp3) is 0.583. The van der Waals surface area contributed by atoms with Crippen molar-refractivity contribution in [3.8, 4) is 0 Å². The number of methoxy groups -OCH3 is 1. The maximum Gasteiger partial charge on any atom is 0.414 e. The summed E-state index contributed by atoms with van der Waals surface area (Å²) in [5, 5.41) is 17.8. The lowest BCUT2D eigenvalue weighted by atomic mass is 9.97. The molecule has 1 aliphatic heterocycles. The number of thioether (sulfide) groups is 1. The lowest BCUT2D eigenvalue weighted by Crippen LogP contribution is -2.43. The molecule has 1 saturated heterocycles. The number of hydrogen-bond donors (Lipinski definition) is 3. The van der Waals surface area contributed by atoms with Crippen molar-refractivity contribution in [2.24, 2.45) is 5.92 Å². The molecule has 35 heavy (non-hydrogen) atoms. The van der Waals surface area contributed by atoms with Gasteiger partial charge in [0, 0.05) is 23.2 Å². The van der Waals surface area contributed by atoms with Crippen LogP contribution in [-0.4, -0.2) is 83.3 Å². The minimum atomic E-state index is -1.82. The van der Waals surface area contributed by atoms with Crippen LogP contribution >= 0.6 is 11.8 Å². The zero-order valence-corrected chi connectivity index (χ0v) is 21.5. The van der Waals surface area contributed by atoms with Gasteiger partial charge in [-0.25, -0.2) is 14.4 Å². The first-order chi connectivity index (χ1) is 16.4. The van der Waals surface area contributed by atoms with Crippen LogP contribution in [0.25, 0.3) is 0 Å². The van der Waals surface area contributed by atoms with Crippen LogP contribution in [0.2, 0.25) is 0 Å². The highest BCUT2D eigenvalue weighted by atomic mass is 32.2. The van der Waals surface area contributed by atoms with Gasteiger partial charge in [0.15, 0.2) is 0 Å². The molecule has 1 atom stereocenters. The Morgan fingerprint density at radius 1 is 1.09 bits per heavy atom. The van der Waals surface area contributed by atoms with Crippen molar-refractivity contribution in [3.05, 3.63) is 30.3 Å².